The Bertz CT molecular complexity index is 687. The topological polar surface area (TPSA) is 74.8 Å². The number of likely N-dealkylation sites (tertiary alicyclic amines) is 1. The van der Waals surface area contributed by atoms with Gasteiger partial charge in [-0.1, -0.05) is 12.1 Å². The van der Waals surface area contributed by atoms with E-state index in [2.05, 4.69) is 16.2 Å². The second-order valence-corrected chi connectivity index (χ2v) is 5.82. The zero-order valence-electron chi connectivity index (χ0n) is 12.9. The van der Waals surface area contributed by atoms with Gasteiger partial charge in [-0.15, -0.1) is 0 Å². The van der Waals surface area contributed by atoms with Gasteiger partial charge in [0.2, 0.25) is 5.91 Å². The Labute approximate surface area is 135 Å². The Morgan fingerprint density at radius 1 is 1.35 bits per heavy atom. The molecule has 118 valence electrons. The average Bonchev–Trinajstić information content (AvgIpc) is 3.15. The van der Waals surface area contributed by atoms with Crippen molar-refractivity contribution in [3.8, 4) is 6.07 Å². The first-order valence-corrected chi connectivity index (χ1v) is 7.87. The fourth-order valence-electron chi connectivity index (χ4n) is 2.96. The number of carbonyl (C=O) groups excluding carboxylic acids is 1. The van der Waals surface area contributed by atoms with E-state index in [-0.39, 0.29) is 11.9 Å². The Balaban J connectivity index is 1.54. The maximum Gasteiger partial charge on any atom is 0.222 e. The first-order valence-electron chi connectivity index (χ1n) is 7.87. The molecule has 1 aliphatic heterocycles. The molecule has 6 heteroatoms. The minimum atomic E-state index is 0.180. The van der Waals surface area contributed by atoms with Crippen LogP contribution in [0.5, 0.6) is 0 Å². The van der Waals surface area contributed by atoms with E-state index in [0.29, 0.717) is 24.9 Å². The third-order valence-corrected chi connectivity index (χ3v) is 4.27. The molecule has 0 radical (unpaired) electrons. The van der Waals surface area contributed by atoms with Gasteiger partial charge < -0.3 is 4.90 Å². The van der Waals surface area contributed by atoms with Crippen LogP contribution in [0.2, 0.25) is 0 Å². The van der Waals surface area contributed by atoms with Gasteiger partial charge >= 0.3 is 0 Å². The summed E-state index contributed by atoms with van der Waals surface area (Å²) in [5, 5.41) is 13.0. The van der Waals surface area contributed by atoms with Crippen molar-refractivity contribution in [2.45, 2.75) is 31.7 Å². The van der Waals surface area contributed by atoms with Crippen LogP contribution in [-0.2, 0) is 11.2 Å². The maximum absolute atomic E-state index is 12.4. The number of aryl methyl sites for hydroxylation is 1. The Morgan fingerprint density at radius 2 is 2.17 bits per heavy atom. The van der Waals surface area contributed by atoms with Crippen LogP contribution in [0, 0.1) is 11.3 Å². The molecule has 1 saturated heterocycles. The summed E-state index contributed by atoms with van der Waals surface area (Å²) in [6, 6.07) is 9.75. The van der Waals surface area contributed by atoms with E-state index < -0.39 is 0 Å². The third-order valence-electron chi connectivity index (χ3n) is 4.27. The summed E-state index contributed by atoms with van der Waals surface area (Å²) < 4.78 is 1.85. The van der Waals surface area contributed by atoms with Crippen molar-refractivity contribution in [1.29, 1.82) is 5.26 Å². The highest BCUT2D eigenvalue weighted by atomic mass is 16.2. The molecule has 23 heavy (non-hydrogen) atoms. The lowest BCUT2D eigenvalue weighted by atomic mass is 10.0. The fraction of sp³-hybridized carbons (Fsp3) is 0.412. The van der Waals surface area contributed by atoms with Gasteiger partial charge in [-0.25, -0.2) is 9.67 Å². The molecule has 1 atom stereocenters. The van der Waals surface area contributed by atoms with Crippen LogP contribution in [0.4, 0.5) is 0 Å². The average molecular weight is 309 g/mol. The van der Waals surface area contributed by atoms with Crippen LogP contribution >= 0.6 is 0 Å². The molecule has 1 amide bonds. The predicted octanol–water partition coefficient (Wildman–Crippen LogP) is 1.95. The highest BCUT2D eigenvalue weighted by Gasteiger charge is 2.24. The fourth-order valence-corrected chi connectivity index (χ4v) is 2.96. The minimum absolute atomic E-state index is 0.180. The van der Waals surface area contributed by atoms with Crippen LogP contribution < -0.4 is 0 Å². The quantitative estimate of drug-likeness (QED) is 0.865. The molecule has 0 N–H and O–H groups in total. The molecule has 2 heterocycles. The number of rotatable bonds is 4. The molecule has 0 unspecified atom stereocenters. The summed E-state index contributed by atoms with van der Waals surface area (Å²) in [7, 11) is 0. The number of hydrogen-bond donors (Lipinski definition) is 0. The molecule has 1 fully saturated rings. The number of nitrogens with zero attached hydrogens (tertiary/aromatic N) is 5. The first-order chi connectivity index (χ1) is 11.3. The van der Waals surface area contributed by atoms with Crippen LogP contribution in [0.3, 0.4) is 0 Å². The first kappa shape index (κ1) is 15.2. The minimum Gasteiger partial charge on any atom is -0.341 e. The van der Waals surface area contributed by atoms with Crippen LogP contribution in [0.15, 0.2) is 36.9 Å². The van der Waals surface area contributed by atoms with Crippen molar-refractivity contribution >= 4 is 5.91 Å². The monoisotopic (exact) mass is 309 g/mol. The number of nitriles is 1. The van der Waals surface area contributed by atoms with Gasteiger partial charge in [0, 0.05) is 19.5 Å². The number of carbonyl (C=O) groups is 1. The smallest absolute Gasteiger partial charge is 0.222 e. The number of aromatic nitrogens is 3. The zero-order chi connectivity index (χ0) is 16.1. The molecular formula is C17H19N5O. The molecule has 0 aliphatic carbocycles. The lowest BCUT2D eigenvalue weighted by Crippen LogP contribution is -2.40. The highest BCUT2D eigenvalue weighted by Crippen LogP contribution is 2.21. The van der Waals surface area contributed by atoms with Gasteiger partial charge in [-0.3, -0.25) is 4.79 Å². The van der Waals surface area contributed by atoms with E-state index in [4.69, 9.17) is 5.26 Å². The van der Waals surface area contributed by atoms with Crippen LogP contribution in [-0.4, -0.2) is 38.7 Å². The summed E-state index contributed by atoms with van der Waals surface area (Å²) in [5.41, 5.74) is 1.73. The molecule has 3 rings (SSSR count). The summed E-state index contributed by atoms with van der Waals surface area (Å²) in [6.45, 7) is 1.52. The molecule has 2 aromatic rings. The summed E-state index contributed by atoms with van der Waals surface area (Å²) in [5.74, 6) is 0.180. The van der Waals surface area contributed by atoms with Crippen LogP contribution in [0.25, 0.3) is 0 Å². The van der Waals surface area contributed by atoms with Gasteiger partial charge in [0.15, 0.2) is 0 Å². The second kappa shape index (κ2) is 7.05. The normalized spacial score (nSPS) is 17.7. The molecule has 1 aliphatic rings. The Hall–Kier alpha value is -2.68. The Kier molecular flexibility index (Phi) is 4.67. The van der Waals surface area contributed by atoms with Gasteiger partial charge in [0.1, 0.15) is 12.7 Å². The van der Waals surface area contributed by atoms with E-state index in [1.54, 1.807) is 18.5 Å². The maximum atomic E-state index is 12.4. The number of benzene rings is 1. The highest BCUT2D eigenvalue weighted by molar-refractivity contribution is 5.76. The van der Waals surface area contributed by atoms with E-state index in [1.165, 1.54) is 6.33 Å². The second-order valence-electron chi connectivity index (χ2n) is 5.82. The van der Waals surface area contributed by atoms with Gasteiger partial charge in [-0.2, -0.15) is 10.4 Å². The predicted molar refractivity (Wildman–Crippen MR) is 84.4 cm³/mol. The van der Waals surface area contributed by atoms with E-state index >= 15 is 0 Å². The summed E-state index contributed by atoms with van der Waals surface area (Å²) >= 11 is 0. The van der Waals surface area contributed by atoms with E-state index in [0.717, 1.165) is 24.9 Å². The molecule has 1 aromatic heterocycles. The standard InChI is InChI=1S/C17H19N5O/c18-10-15-5-3-14(4-6-15)7-8-17(23)21-9-1-2-16(11-21)22-13-19-12-20-22/h3-6,12-13,16H,1-2,7-9,11H2/t16-/m0/s1. The van der Waals surface area contributed by atoms with E-state index in [1.807, 2.05) is 21.7 Å². The number of piperidine rings is 1. The van der Waals surface area contributed by atoms with Gasteiger partial charge in [-0.05, 0) is 37.0 Å². The van der Waals surface area contributed by atoms with Crippen molar-refractivity contribution in [3.05, 3.63) is 48.0 Å². The van der Waals surface area contributed by atoms with Crippen molar-refractivity contribution in [3.63, 3.8) is 0 Å². The molecule has 0 saturated carbocycles. The molecular weight excluding hydrogens is 290 g/mol. The van der Waals surface area contributed by atoms with Crippen molar-refractivity contribution < 1.29 is 4.79 Å². The summed E-state index contributed by atoms with van der Waals surface area (Å²) in [4.78, 5) is 18.4. The lowest BCUT2D eigenvalue weighted by molar-refractivity contribution is -0.132. The van der Waals surface area contributed by atoms with Crippen molar-refractivity contribution in [2.24, 2.45) is 0 Å². The third kappa shape index (κ3) is 3.75. The molecule has 6 nitrogen and oxygen atoms in total. The molecule has 1 aromatic carbocycles. The Morgan fingerprint density at radius 3 is 2.87 bits per heavy atom. The molecule has 0 bridgehead atoms. The number of hydrogen-bond acceptors (Lipinski definition) is 4. The number of amides is 1. The zero-order valence-corrected chi connectivity index (χ0v) is 12.9. The van der Waals surface area contributed by atoms with Crippen LogP contribution in [0.1, 0.15) is 36.4 Å². The SMILES string of the molecule is N#Cc1ccc(CCC(=O)N2CCC[C@H](n3cncn3)C2)cc1. The van der Waals surface area contributed by atoms with Gasteiger partial charge in [0.05, 0.1) is 17.7 Å². The molecule has 0 spiro atoms. The van der Waals surface area contributed by atoms with Crippen molar-refractivity contribution in [2.75, 3.05) is 13.1 Å². The lowest BCUT2D eigenvalue weighted by Gasteiger charge is -2.32. The summed E-state index contributed by atoms with van der Waals surface area (Å²) in [6.07, 6.45) is 6.47. The largest absolute Gasteiger partial charge is 0.341 e. The van der Waals surface area contributed by atoms with Crippen molar-refractivity contribution in [1.82, 2.24) is 19.7 Å². The van der Waals surface area contributed by atoms with E-state index in [9.17, 15) is 4.79 Å². The van der Waals surface area contributed by atoms with Gasteiger partial charge in [0.25, 0.3) is 0 Å².